The zero-order valence-corrected chi connectivity index (χ0v) is 23.4. The van der Waals surface area contributed by atoms with Gasteiger partial charge in [-0.1, -0.05) is 26.8 Å². The molecule has 3 aromatic rings. The molecule has 2 aliphatic rings. The Bertz CT molecular complexity index is 1420. The molecular weight excluding hydrogens is 541 g/mol. The summed E-state index contributed by atoms with van der Waals surface area (Å²) in [4.78, 5) is 28.1. The van der Waals surface area contributed by atoms with E-state index in [4.69, 9.17) is 9.84 Å². The summed E-state index contributed by atoms with van der Waals surface area (Å²) in [6, 6.07) is 9.00. The summed E-state index contributed by atoms with van der Waals surface area (Å²) in [6.07, 6.45) is 1.71. The van der Waals surface area contributed by atoms with Crippen LogP contribution in [0.25, 0.3) is 5.69 Å². The number of carbonyl (C=O) groups is 2. The number of rotatable bonds is 6. The van der Waals surface area contributed by atoms with Gasteiger partial charge in [-0.05, 0) is 43.2 Å². The molecular formula is C29H31F3N4O3S. The first-order valence-corrected chi connectivity index (χ1v) is 14.2. The van der Waals surface area contributed by atoms with Gasteiger partial charge in [0, 0.05) is 35.8 Å². The molecule has 2 aliphatic heterocycles. The maximum atomic E-state index is 15.2. The van der Waals surface area contributed by atoms with E-state index in [0.29, 0.717) is 35.9 Å². The molecule has 1 aromatic heterocycles. The van der Waals surface area contributed by atoms with Gasteiger partial charge in [0.15, 0.2) is 0 Å². The Balaban J connectivity index is 1.66. The van der Waals surface area contributed by atoms with E-state index >= 15 is 4.39 Å². The third-order valence-electron chi connectivity index (χ3n) is 6.97. The van der Waals surface area contributed by atoms with Gasteiger partial charge in [-0.3, -0.25) is 14.5 Å². The summed E-state index contributed by atoms with van der Waals surface area (Å²) < 4.78 is 50.0. The smallest absolute Gasteiger partial charge is 0.240 e. The molecule has 40 heavy (non-hydrogen) atoms. The van der Waals surface area contributed by atoms with Crippen molar-refractivity contribution in [2.75, 3.05) is 30.3 Å². The van der Waals surface area contributed by atoms with Crippen LogP contribution in [-0.4, -0.2) is 53.1 Å². The summed E-state index contributed by atoms with van der Waals surface area (Å²) in [7, 11) is 0. The quantitative estimate of drug-likeness (QED) is 0.448. The van der Waals surface area contributed by atoms with Gasteiger partial charge in [0.25, 0.3) is 0 Å². The normalized spacial score (nSPS) is 19.4. The maximum absolute atomic E-state index is 15.2. The van der Waals surface area contributed by atoms with Crippen LogP contribution in [0.4, 0.5) is 19.0 Å². The van der Waals surface area contributed by atoms with Crippen molar-refractivity contribution in [1.29, 1.82) is 0 Å². The van der Waals surface area contributed by atoms with Crippen LogP contribution < -0.4 is 10.2 Å². The fourth-order valence-corrected chi connectivity index (χ4v) is 6.25. The van der Waals surface area contributed by atoms with Crippen molar-refractivity contribution < 1.29 is 27.5 Å². The van der Waals surface area contributed by atoms with E-state index in [2.05, 4.69) is 5.32 Å². The molecule has 2 atom stereocenters. The predicted octanol–water partition coefficient (Wildman–Crippen LogP) is 5.05. The average molecular weight is 573 g/mol. The Morgan fingerprint density at radius 1 is 1.12 bits per heavy atom. The summed E-state index contributed by atoms with van der Waals surface area (Å²) >= 11 is 1.20. The highest BCUT2D eigenvalue weighted by molar-refractivity contribution is 8.00. The molecule has 1 saturated heterocycles. The zero-order chi connectivity index (χ0) is 28.6. The molecule has 212 valence electrons. The van der Waals surface area contributed by atoms with Crippen LogP contribution >= 0.6 is 11.8 Å². The van der Waals surface area contributed by atoms with Gasteiger partial charge in [-0.2, -0.15) is 5.10 Å². The van der Waals surface area contributed by atoms with E-state index in [1.807, 2.05) is 20.8 Å². The van der Waals surface area contributed by atoms with Crippen molar-refractivity contribution in [2.24, 2.45) is 0 Å². The molecule has 11 heteroatoms. The lowest BCUT2D eigenvalue weighted by Gasteiger charge is -2.25. The number of thioether (sulfide) groups is 1. The molecule has 0 bridgehead atoms. The molecule has 1 fully saturated rings. The minimum Gasteiger partial charge on any atom is -0.376 e. The summed E-state index contributed by atoms with van der Waals surface area (Å²) in [5.74, 6) is -2.40. The summed E-state index contributed by atoms with van der Waals surface area (Å²) in [5.41, 5.74) is 1.23. The second-order valence-corrected chi connectivity index (χ2v) is 12.1. The predicted molar refractivity (Wildman–Crippen MR) is 147 cm³/mol. The number of anilines is 1. The van der Waals surface area contributed by atoms with Crippen LogP contribution in [0, 0.1) is 17.5 Å². The fraction of sp³-hybridized carbons (Fsp3) is 0.414. The minimum atomic E-state index is -0.743. The van der Waals surface area contributed by atoms with Crippen molar-refractivity contribution >= 4 is 29.4 Å². The van der Waals surface area contributed by atoms with Gasteiger partial charge >= 0.3 is 0 Å². The van der Waals surface area contributed by atoms with Crippen LogP contribution in [0.3, 0.4) is 0 Å². The third-order valence-corrected chi connectivity index (χ3v) is 8.20. The topological polar surface area (TPSA) is 76.5 Å². The van der Waals surface area contributed by atoms with Crippen LogP contribution in [0.5, 0.6) is 0 Å². The second kappa shape index (κ2) is 11.3. The standard InChI is InChI=1S/C29H31F3N4O3S/c1-29(2,3)27-25-26(21-11-8-18(31)13-22(21)32)40-16-24(38)35(15-23(37)33-14-20-5-4-12-39-20)28(25)36(34-27)19-9-6-17(30)7-10-19/h6-11,13,20,26H,4-5,12,14-16H2,1-3H3,(H,33,37)/t20-,26-/m1/s1. The van der Waals surface area contributed by atoms with E-state index in [0.717, 1.165) is 18.9 Å². The van der Waals surface area contributed by atoms with E-state index in [1.165, 1.54) is 57.7 Å². The number of hydrogen-bond donors (Lipinski definition) is 1. The van der Waals surface area contributed by atoms with Crippen LogP contribution in [-0.2, 0) is 19.7 Å². The number of amides is 2. The number of fused-ring (bicyclic) bond motifs is 1. The van der Waals surface area contributed by atoms with Crippen LogP contribution in [0.2, 0.25) is 0 Å². The Hall–Kier alpha value is -3.31. The first-order valence-electron chi connectivity index (χ1n) is 13.2. The number of carbonyl (C=O) groups excluding carboxylic acids is 2. The van der Waals surface area contributed by atoms with Crippen molar-refractivity contribution in [3.63, 3.8) is 0 Å². The summed E-state index contributed by atoms with van der Waals surface area (Å²) in [5, 5.41) is 7.01. The lowest BCUT2D eigenvalue weighted by Crippen LogP contribution is -2.44. The van der Waals surface area contributed by atoms with Gasteiger partial charge in [0.1, 0.15) is 29.8 Å². The SMILES string of the molecule is CC(C)(C)c1nn(-c2ccc(F)cc2)c2c1[C@@H](c1ccc(F)cc1F)SCC(=O)N2CC(=O)NC[C@H]1CCCO1. The van der Waals surface area contributed by atoms with Crippen LogP contribution in [0.15, 0.2) is 42.5 Å². The Kier molecular flexibility index (Phi) is 7.96. The largest absolute Gasteiger partial charge is 0.376 e. The number of ether oxygens (including phenoxy) is 1. The van der Waals surface area contributed by atoms with E-state index in [-0.39, 0.29) is 35.8 Å². The number of benzene rings is 2. The van der Waals surface area contributed by atoms with Crippen molar-refractivity contribution in [1.82, 2.24) is 15.1 Å². The fourth-order valence-electron chi connectivity index (χ4n) is 5.03. The molecule has 3 heterocycles. The minimum absolute atomic E-state index is 0.0534. The molecule has 2 amide bonds. The number of hydrogen-bond acceptors (Lipinski definition) is 5. The van der Waals surface area contributed by atoms with Gasteiger partial charge < -0.3 is 10.1 Å². The van der Waals surface area contributed by atoms with Crippen molar-refractivity contribution in [2.45, 2.75) is 50.4 Å². The van der Waals surface area contributed by atoms with Crippen molar-refractivity contribution in [3.05, 3.63) is 76.7 Å². The van der Waals surface area contributed by atoms with Crippen LogP contribution in [0.1, 0.15) is 55.7 Å². The van der Waals surface area contributed by atoms with Gasteiger partial charge in [0.2, 0.25) is 11.8 Å². The highest BCUT2D eigenvalue weighted by atomic mass is 32.2. The van der Waals surface area contributed by atoms with Crippen molar-refractivity contribution in [3.8, 4) is 5.69 Å². The Morgan fingerprint density at radius 2 is 1.85 bits per heavy atom. The molecule has 0 aliphatic carbocycles. The molecule has 0 saturated carbocycles. The third kappa shape index (κ3) is 5.76. The van der Waals surface area contributed by atoms with Gasteiger partial charge in [-0.15, -0.1) is 11.8 Å². The monoisotopic (exact) mass is 572 g/mol. The Morgan fingerprint density at radius 3 is 2.50 bits per heavy atom. The lowest BCUT2D eigenvalue weighted by molar-refractivity contribution is -0.123. The zero-order valence-electron chi connectivity index (χ0n) is 22.5. The maximum Gasteiger partial charge on any atom is 0.240 e. The molecule has 1 N–H and O–H groups in total. The van der Waals surface area contributed by atoms with Gasteiger partial charge in [0.05, 0.1) is 28.5 Å². The van der Waals surface area contributed by atoms with E-state index < -0.39 is 28.1 Å². The highest BCUT2D eigenvalue weighted by Crippen LogP contribution is 2.49. The number of nitrogens with zero attached hydrogens (tertiary/aromatic N) is 3. The molecule has 0 radical (unpaired) electrons. The number of nitrogens with one attached hydrogen (secondary N) is 1. The van der Waals surface area contributed by atoms with E-state index in [9.17, 15) is 18.4 Å². The highest BCUT2D eigenvalue weighted by Gasteiger charge is 2.40. The second-order valence-electron chi connectivity index (χ2n) is 11.0. The molecule has 7 nitrogen and oxygen atoms in total. The lowest BCUT2D eigenvalue weighted by atomic mass is 9.87. The Labute approximate surface area is 235 Å². The molecule has 0 unspecified atom stereocenters. The number of halogens is 3. The van der Waals surface area contributed by atoms with E-state index in [1.54, 1.807) is 0 Å². The number of aromatic nitrogens is 2. The molecule has 0 spiro atoms. The first-order chi connectivity index (χ1) is 19.0. The molecule has 5 rings (SSSR count). The summed E-state index contributed by atoms with van der Waals surface area (Å²) in [6.45, 7) is 6.51. The first kappa shape index (κ1) is 28.2. The average Bonchev–Trinajstić information content (AvgIpc) is 3.53. The molecule has 2 aromatic carbocycles. The van der Waals surface area contributed by atoms with Gasteiger partial charge in [-0.25, -0.2) is 17.9 Å².